The smallest absolute Gasteiger partial charge is 0.237 e. The molecule has 6 rings (SSSR count). The fourth-order valence-corrected chi connectivity index (χ4v) is 5.13. The van der Waals surface area contributed by atoms with Gasteiger partial charge in [-0.3, -0.25) is 14.5 Å². The number of carbonyl (C=O) groups is 2. The Morgan fingerprint density at radius 2 is 1.82 bits per heavy atom. The molecule has 2 aromatic carbocycles. The molecule has 0 bridgehead atoms. The first-order valence-electron chi connectivity index (χ1n) is 13.8. The Bertz CT molecular complexity index is 1520. The van der Waals surface area contributed by atoms with Crippen LogP contribution in [0.25, 0.3) is 5.65 Å². The number of anilines is 1. The molecule has 1 aliphatic heterocycles. The van der Waals surface area contributed by atoms with Crippen LogP contribution in [0.1, 0.15) is 59.2 Å². The molecule has 0 radical (unpaired) electrons. The van der Waals surface area contributed by atoms with Crippen molar-refractivity contribution in [3.8, 4) is 11.6 Å². The van der Waals surface area contributed by atoms with Gasteiger partial charge in [-0.15, -0.1) is 5.10 Å². The number of aryl methyl sites for hydroxylation is 1. The number of piperidine rings is 1. The monoisotopic (exact) mass is 523 g/mol. The van der Waals surface area contributed by atoms with Crippen LogP contribution in [0.2, 0.25) is 0 Å². The zero-order chi connectivity index (χ0) is 26.8. The predicted molar refractivity (Wildman–Crippen MR) is 149 cm³/mol. The first-order valence-corrected chi connectivity index (χ1v) is 13.8. The number of ketones is 1. The summed E-state index contributed by atoms with van der Waals surface area (Å²) in [7, 11) is 0. The SMILES string of the molecule is Cc1ccc(Oc2ccc3nc(NC(=O)C4CC4)cn3n2)cc1CC(=O)c1ccccc1CN1CCCCC1. The van der Waals surface area contributed by atoms with Gasteiger partial charge < -0.3 is 10.1 Å². The van der Waals surface area contributed by atoms with Crippen LogP contribution in [0.5, 0.6) is 11.6 Å². The largest absolute Gasteiger partial charge is 0.438 e. The number of hydrogen-bond donors (Lipinski definition) is 1. The molecule has 0 unspecified atom stereocenters. The minimum absolute atomic E-state index is 0.00531. The first-order chi connectivity index (χ1) is 19.0. The van der Waals surface area contributed by atoms with Gasteiger partial charge in [0.1, 0.15) is 5.75 Å². The Balaban J connectivity index is 1.16. The number of nitrogens with zero attached hydrogens (tertiary/aromatic N) is 4. The second kappa shape index (κ2) is 11.0. The molecule has 8 heteroatoms. The van der Waals surface area contributed by atoms with Crippen molar-refractivity contribution in [1.29, 1.82) is 0 Å². The first kappa shape index (κ1) is 25.2. The van der Waals surface area contributed by atoms with E-state index in [-0.39, 0.29) is 17.6 Å². The topological polar surface area (TPSA) is 88.8 Å². The number of likely N-dealkylation sites (tertiary alicyclic amines) is 1. The Morgan fingerprint density at radius 3 is 2.64 bits per heavy atom. The quantitative estimate of drug-likeness (QED) is 0.288. The number of amides is 1. The van der Waals surface area contributed by atoms with E-state index in [4.69, 9.17) is 4.74 Å². The average molecular weight is 524 g/mol. The van der Waals surface area contributed by atoms with Crippen LogP contribution in [0.3, 0.4) is 0 Å². The summed E-state index contributed by atoms with van der Waals surface area (Å²) in [5.41, 5.74) is 4.48. The van der Waals surface area contributed by atoms with Crippen molar-refractivity contribution >= 4 is 23.2 Å². The molecule has 2 aliphatic rings. The van der Waals surface area contributed by atoms with Gasteiger partial charge in [0.05, 0.1) is 6.20 Å². The van der Waals surface area contributed by atoms with Gasteiger partial charge in [0.25, 0.3) is 0 Å². The van der Waals surface area contributed by atoms with E-state index in [2.05, 4.69) is 26.4 Å². The number of hydrogen-bond acceptors (Lipinski definition) is 6. The van der Waals surface area contributed by atoms with Crippen molar-refractivity contribution < 1.29 is 14.3 Å². The summed E-state index contributed by atoms with van der Waals surface area (Å²) >= 11 is 0. The highest BCUT2D eigenvalue weighted by molar-refractivity contribution is 5.99. The number of aromatic nitrogens is 3. The fraction of sp³-hybridized carbons (Fsp3) is 0.355. The maximum atomic E-state index is 13.5. The number of nitrogens with one attached hydrogen (secondary N) is 1. The van der Waals surface area contributed by atoms with Crippen molar-refractivity contribution in [2.24, 2.45) is 5.92 Å². The molecular weight excluding hydrogens is 490 g/mol. The van der Waals surface area contributed by atoms with Crippen molar-refractivity contribution in [3.63, 3.8) is 0 Å². The van der Waals surface area contributed by atoms with Gasteiger partial charge in [-0.1, -0.05) is 36.8 Å². The van der Waals surface area contributed by atoms with Crippen LogP contribution in [0.4, 0.5) is 5.82 Å². The van der Waals surface area contributed by atoms with Crippen LogP contribution in [-0.2, 0) is 17.8 Å². The summed E-state index contributed by atoms with van der Waals surface area (Å²) in [5.74, 6) is 1.71. The Morgan fingerprint density at radius 1 is 1.00 bits per heavy atom. The highest BCUT2D eigenvalue weighted by Gasteiger charge is 2.30. The van der Waals surface area contributed by atoms with Crippen molar-refractivity contribution in [3.05, 3.63) is 83.0 Å². The molecule has 1 amide bonds. The third-order valence-corrected chi connectivity index (χ3v) is 7.55. The highest BCUT2D eigenvalue weighted by atomic mass is 16.5. The normalized spacial score (nSPS) is 15.8. The minimum atomic E-state index is 0.00531. The van der Waals surface area contributed by atoms with E-state index < -0.39 is 0 Å². The number of benzene rings is 2. The molecule has 0 spiro atoms. The summed E-state index contributed by atoms with van der Waals surface area (Å²) in [6, 6.07) is 17.3. The standard InChI is InChI=1S/C31H33N5O3/c1-21-9-12-25(39-30-14-13-29-32-28(20-36(29)34-30)33-31(38)22-10-11-22)17-24(21)18-27(37)26-8-4-3-7-23(26)19-35-15-5-2-6-16-35/h3-4,7-9,12-14,17,20,22H,2,5-6,10-11,15-16,18-19H2,1H3,(H,33,38). The Hall–Kier alpha value is -4.04. The second-order valence-electron chi connectivity index (χ2n) is 10.6. The maximum absolute atomic E-state index is 13.5. The van der Waals surface area contributed by atoms with Crippen molar-refractivity contribution in [2.45, 2.75) is 52.0 Å². The summed E-state index contributed by atoms with van der Waals surface area (Å²) < 4.78 is 7.66. The molecule has 2 aromatic heterocycles. The lowest BCUT2D eigenvalue weighted by molar-refractivity contribution is -0.117. The molecule has 3 heterocycles. The van der Waals surface area contributed by atoms with E-state index in [1.165, 1.54) is 19.3 Å². The van der Waals surface area contributed by atoms with E-state index in [0.717, 1.165) is 54.7 Å². The molecule has 8 nitrogen and oxygen atoms in total. The third kappa shape index (κ3) is 6.01. The van der Waals surface area contributed by atoms with E-state index in [1.807, 2.05) is 43.3 Å². The van der Waals surface area contributed by atoms with Gasteiger partial charge in [0, 0.05) is 30.5 Å². The van der Waals surface area contributed by atoms with Gasteiger partial charge in [0.15, 0.2) is 17.2 Å². The molecule has 0 atom stereocenters. The lowest BCUT2D eigenvalue weighted by Crippen LogP contribution is -2.29. The molecule has 1 aliphatic carbocycles. The zero-order valence-electron chi connectivity index (χ0n) is 22.2. The molecule has 39 heavy (non-hydrogen) atoms. The van der Waals surface area contributed by atoms with Gasteiger partial charge in [-0.2, -0.15) is 0 Å². The van der Waals surface area contributed by atoms with Gasteiger partial charge >= 0.3 is 0 Å². The molecule has 4 aromatic rings. The second-order valence-corrected chi connectivity index (χ2v) is 10.6. The number of carbonyl (C=O) groups excluding carboxylic acids is 2. The third-order valence-electron chi connectivity index (χ3n) is 7.55. The van der Waals surface area contributed by atoms with E-state index in [1.54, 1.807) is 22.8 Å². The number of fused-ring (bicyclic) bond motifs is 1. The van der Waals surface area contributed by atoms with Gasteiger partial charge in [-0.05, 0) is 80.6 Å². The molecule has 1 saturated heterocycles. The van der Waals surface area contributed by atoms with Crippen LogP contribution in [-0.4, -0.2) is 44.3 Å². The lowest BCUT2D eigenvalue weighted by Gasteiger charge is -2.27. The summed E-state index contributed by atoms with van der Waals surface area (Å²) in [5, 5.41) is 7.34. The highest BCUT2D eigenvalue weighted by Crippen LogP contribution is 2.30. The maximum Gasteiger partial charge on any atom is 0.237 e. The van der Waals surface area contributed by atoms with E-state index in [9.17, 15) is 9.59 Å². The van der Waals surface area contributed by atoms with Gasteiger partial charge in [0.2, 0.25) is 11.8 Å². The minimum Gasteiger partial charge on any atom is -0.438 e. The zero-order valence-corrected chi connectivity index (χ0v) is 22.2. The van der Waals surface area contributed by atoms with E-state index in [0.29, 0.717) is 29.5 Å². The molecule has 2 fully saturated rings. The number of Topliss-reactive ketones (excluding diaryl/α,β-unsaturated/α-hetero) is 1. The van der Waals surface area contributed by atoms with Gasteiger partial charge in [-0.25, -0.2) is 9.50 Å². The van der Waals surface area contributed by atoms with Crippen LogP contribution >= 0.6 is 0 Å². The lowest BCUT2D eigenvalue weighted by atomic mass is 9.95. The van der Waals surface area contributed by atoms with Crippen molar-refractivity contribution in [1.82, 2.24) is 19.5 Å². The number of ether oxygens (including phenoxy) is 1. The average Bonchev–Trinajstić information content (AvgIpc) is 3.72. The molecule has 1 saturated carbocycles. The summed E-state index contributed by atoms with van der Waals surface area (Å²) in [4.78, 5) is 32.4. The molecular formula is C31H33N5O3. The number of rotatable bonds is 9. The predicted octanol–water partition coefficient (Wildman–Crippen LogP) is 5.59. The summed E-state index contributed by atoms with van der Waals surface area (Å²) in [6.07, 6.45) is 7.60. The Kier molecular flexibility index (Phi) is 7.11. The van der Waals surface area contributed by atoms with E-state index >= 15 is 0 Å². The van der Waals surface area contributed by atoms with Crippen LogP contribution < -0.4 is 10.1 Å². The summed E-state index contributed by atoms with van der Waals surface area (Å²) in [6.45, 7) is 5.02. The van der Waals surface area contributed by atoms with Crippen LogP contribution in [0, 0.1) is 12.8 Å². The fourth-order valence-electron chi connectivity index (χ4n) is 5.13. The Labute approximate surface area is 228 Å². The molecule has 200 valence electrons. The van der Waals surface area contributed by atoms with Crippen molar-refractivity contribution in [2.75, 3.05) is 18.4 Å². The van der Waals surface area contributed by atoms with Crippen LogP contribution in [0.15, 0.2) is 60.8 Å². The number of imidazole rings is 1. The molecule has 1 N–H and O–H groups in total.